The quantitative estimate of drug-likeness (QED) is 0.736. The summed E-state index contributed by atoms with van der Waals surface area (Å²) in [4.78, 5) is 33.6. The number of rotatable bonds is 4. The number of aryl methyl sites for hydroxylation is 1. The van der Waals surface area contributed by atoms with Gasteiger partial charge in [-0.15, -0.1) is 11.3 Å². The first-order chi connectivity index (χ1) is 15.0. The molecule has 6 heteroatoms. The maximum atomic E-state index is 13.5. The summed E-state index contributed by atoms with van der Waals surface area (Å²) in [5.74, 6) is 0.737. The average molecular weight is 438 g/mol. The summed E-state index contributed by atoms with van der Waals surface area (Å²) < 4.78 is 0. The second-order valence-electron chi connectivity index (χ2n) is 9.15. The number of nitrogens with zero attached hydrogens (tertiary/aromatic N) is 3. The zero-order chi connectivity index (χ0) is 21.5. The molecule has 1 aliphatic carbocycles. The van der Waals surface area contributed by atoms with Gasteiger partial charge in [-0.3, -0.25) is 14.5 Å². The summed E-state index contributed by atoms with van der Waals surface area (Å²) in [7, 11) is 0. The minimum atomic E-state index is -0.191. The molecule has 164 valence electrons. The third kappa shape index (κ3) is 3.92. The average Bonchev–Trinajstić information content (AvgIpc) is 3.54. The molecule has 1 aromatic heterocycles. The van der Waals surface area contributed by atoms with Crippen LogP contribution in [0.1, 0.15) is 47.4 Å². The Morgan fingerprint density at radius 3 is 2.39 bits per heavy atom. The van der Waals surface area contributed by atoms with Crippen LogP contribution < -0.4 is 0 Å². The van der Waals surface area contributed by atoms with Crippen LogP contribution in [-0.4, -0.2) is 65.3 Å². The third-order valence-corrected chi connectivity index (χ3v) is 8.17. The predicted molar refractivity (Wildman–Crippen MR) is 123 cm³/mol. The molecule has 2 atom stereocenters. The summed E-state index contributed by atoms with van der Waals surface area (Å²) >= 11 is 1.83. The lowest BCUT2D eigenvalue weighted by molar-refractivity contribution is -0.143. The summed E-state index contributed by atoms with van der Waals surface area (Å²) in [5, 5.41) is 2.18. The summed E-state index contributed by atoms with van der Waals surface area (Å²) in [6, 6.07) is 10.7. The molecule has 2 fully saturated rings. The molecule has 2 aliphatic heterocycles. The van der Waals surface area contributed by atoms with E-state index in [0.29, 0.717) is 32.1 Å². The van der Waals surface area contributed by atoms with E-state index >= 15 is 0 Å². The molecule has 2 amide bonds. The molecule has 5 rings (SSSR count). The highest BCUT2D eigenvalue weighted by Crippen LogP contribution is 2.40. The predicted octanol–water partition coefficient (Wildman–Crippen LogP) is 3.47. The second kappa shape index (κ2) is 8.40. The van der Waals surface area contributed by atoms with E-state index < -0.39 is 0 Å². The van der Waals surface area contributed by atoms with E-state index in [1.807, 2.05) is 21.1 Å². The number of fused-ring (bicyclic) bond motifs is 1. The molecule has 1 saturated carbocycles. The summed E-state index contributed by atoms with van der Waals surface area (Å²) in [6.45, 7) is 7.75. The van der Waals surface area contributed by atoms with Gasteiger partial charge < -0.3 is 9.80 Å². The Kier molecular flexibility index (Phi) is 5.61. The fraction of sp³-hybridized carbons (Fsp3) is 0.520. The molecule has 5 nitrogen and oxygen atoms in total. The number of carbonyl (C=O) groups is 2. The molecule has 0 unspecified atom stereocenters. The Hall–Kier alpha value is -2.18. The SMILES string of the molecule is Cc1ccccc1[C@H]1c2ccsc2CCN1[C@H](C)C(=O)N1CCN(C(=O)C2CC2)CC1. The largest absolute Gasteiger partial charge is 0.339 e. The molecular formula is C25H31N3O2S. The number of carbonyl (C=O) groups excluding carboxylic acids is 2. The minimum Gasteiger partial charge on any atom is -0.339 e. The number of benzene rings is 1. The van der Waals surface area contributed by atoms with Crippen LogP contribution in [0, 0.1) is 12.8 Å². The normalized spacial score (nSPS) is 22.8. The van der Waals surface area contributed by atoms with Gasteiger partial charge in [0.05, 0.1) is 12.1 Å². The smallest absolute Gasteiger partial charge is 0.239 e. The van der Waals surface area contributed by atoms with Gasteiger partial charge in [-0.25, -0.2) is 0 Å². The van der Waals surface area contributed by atoms with Gasteiger partial charge in [-0.2, -0.15) is 0 Å². The lowest BCUT2D eigenvalue weighted by Crippen LogP contribution is -2.56. The Morgan fingerprint density at radius 1 is 0.968 bits per heavy atom. The van der Waals surface area contributed by atoms with Crippen LogP contribution in [0.25, 0.3) is 0 Å². The molecule has 1 saturated heterocycles. The Balaban J connectivity index is 1.34. The van der Waals surface area contributed by atoms with Crippen molar-refractivity contribution in [1.82, 2.24) is 14.7 Å². The van der Waals surface area contributed by atoms with Crippen molar-refractivity contribution < 1.29 is 9.59 Å². The van der Waals surface area contributed by atoms with Crippen molar-refractivity contribution in [3.63, 3.8) is 0 Å². The van der Waals surface area contributed by atoms with E-state index in [0.717, 1.165) is 25.8 Å². The van der Waals surface area contributed by atoms with E-state index in [-0.39, 0.29) is 23.9 Å². The highest BCUT2D eigenvalue weighted by molar-refractivity contribution is 7.10. The molecule has 31 heavy (non-hydrogen) atoms. The van der Waals surface area contributed by atoms with Crippen molar-refractivity contribution in [2.75, 3.05) is 32.7 Å². The van der Waals surface area contributed by atoms with Gasteiger partial charge in [-0.05, 0) is 61.2 Å². The Labute approximate surface area is 188 Å². The van der Waals surface area contributed by atoms with Crippen LogP contribution in [0.2, 0.25) is 0 Å². The molecule has 1 aromatic carbocycles. The third-order valence-electron chi connectivity index (χ3n) is 7.17. The molecule has 2 aromatic rings. The fourth-order valence-corrected chi connectivity index (χ4v) is 6.04. The standard InChI is InChI=1S/C25H31N3O2S/c1-17-5-3-4-6-20(17)23-21-10-16-31-22(21)9-11-28(23)18(2)24(29)26-12-14-27(15-13-26)25(30)19-7-8-19/h3-6,10,16,18-19,23H,7-9,11-15H2,1-2H3/t18-,23+/m1/s1. The monoisotopic (exact) mass is 437 g/mol. The van der Waals surface area contributed by atoms with Gasteiger partial charge >= 0.3 is 0 Å². The highest BCUT2D eigenvalue weighted by Gasteiger charge is 2.39. The summed E-state index contributed by atoms with van der Waals surface area (Å²) in [5.41, 5.74) is 3.91. The molecule has 0 N–H and O–H groups in total. The molecule has 3 aliphatic rings. The number of hydrogen-bond acceptors (Lipinski definition) is 4. The van der Waals surface area contributed by atoms with E-state index in [4.69, 9.17) is 0 Å². The highest BCUT2D eigenvalue weighted by atomic mass is 32.1. The first-order valence-corrected chi connectivity index (χ1v) is 12.4. The van der Waals surface area contributed by atoms with Crippen molar-refractivity contribution in [1.29, 1.82) is 0 Å². The molecule has 0 spiro atoms. The van der Waals surface area contributed by atoms with Crippen molar-refractivity contribution >= 4 is 23.2 Å². The molecule has 0 radical (unpaired) electrons. The van der Waals surface area contributed by atoms with Gasteiger partial charge in [-0.1, -0.05) is 24.3 Å². The van der Waals surface area contributed by atoms with Gasteiger partial charge in [0.1, 0.15) is 0 Å². The van der Waals surface area contributed by atoms with Crippen LogP contribution in [-0.2, 0) is 16.0 Å². The number of piperazine rings is 1. The Morgan fingerprint density at radius 2 is 1.68 bits per heavy atom. The first-order valence-electron chi connectivity index (χ1n) is 11.5. The number of thiophene rings is 1. The van der Waals surface area contributed by atoms with Crippen molar-refractivity contribution in [2.45, 2.75) is 45.2 Å². The van der Waals surface area contributed by atoms with E-state index in [2.05, 4.69) is 54.5 Å². The first kappa shape index (κ1) is 20.7. The van der Waals surface area contributed by atoms with Gasteiger partial charge in [0.15, 0.2) is 0 Å². The molecular weight excluding hydrogens is 406 g/mol. The van der Waals surface area contributed by atoms with Crippen LogP contribution in [0.3, 0.4) is 0 Å². The van der Waals surface area contributed by atoms with Crippen LogP contribution in [0.4, 0.5) is 0 Å². The van der Waals surface area contributed by atoms with Crippen LogP contribution in [0.15, 0.2) is 35.7 Å². The lowest BCUT2D eigenvalue weighted by Gasteiger charge is -2.43. The van der Waals surface area contributed by atoms with Crippen molar-refractivity contribution in [2.24, 2.45) is 5.92 Å². The zero-order valence-electron chi connectivity index (χ0n) is 18.4. The van der Waals surface area contributed by atoms with Crippen molar-refractivity contribution in [3.8, 4) is 0 Å². The molecule has 3 heterocycles. The van der Waals surface area contributed by atoms with Gasteiger partial charge in [0.25, 0.3) is 0 Å². The lowest BCUT2D eigenvalue weighted by atomic mass is 9.89. The zero-order valence-corrected chi connectivity index (χ0v) is 19.2. The van der Waals surface area contributed by atoms with E-state index in [1.165, 1.54) is 21.6 Å². The maximum absolute atomic E-state index is 13.5. The van der Waals surface area contributed by atoms with E-state index in [1.54, 1.807) is 0 Å². The van der Waals surface area contributed by atoms with Crippen LogP contribution >= 0.6 is 11.3 Å². The van der Waals surface area contributed by atoms with Gasteiger partial charge in [0, 0.05) is 43.5 Å². The second-order valence-corrected chi connectivity index (χ2v) is 10.1. The fourth-order valence-electron chi connectivity index (χ4n) is 5.13. The summed E-state index contributed by atoms with van der Waals surface area (Å²) in [6.07, 6.45) is 3.07. The number of amides is 2. The topological polar surface area (TPSA) is 43.9 Å². The number of hydrogen-bond donors (Lipinski definition) is 0. The molecule has 0 bridgehead atoms. The maximum Gasteiger partial charge on any atom is 0.239 e. The minimum absolute atomic E-state index is 0.118. The van der Waals surface area contributed by atoms with E-state index in [9.17, 15) is 9.59 Å². The Bertz CT molecular complexity index is 975. The van der Waals surface area contributed by atoms with Crippen molar-refractivity contribution in [3.05, 3.63) is 57.3 Å². The van der Waals surface area contributed by atoms with Crippen LogP contribution in [0.5, 0.6) is 0 Å². The van der Waals surface area contributed by atoms with Gasteiger partial charge in [0.2, 0.25) is 11.8 Å².